The van der Waals surface area contributed by atoms with Gasteiger partial charge in [0.2, 0.25) is 0 Å². The SMILES string of the molecule is C=CCOc1ccc(NC(=O)C(=O)N/N=C\c2cc(Br)ccc2OCC(=O)Nc2cc(C)ccc2C)cc1. The zero-order chi connectivity index (χ0) is 27.5. The second-order valence-electron chi connectivity index (χ2n) is 8.11. The molecule has 9 nitrogen and oxygen atoms in total. The minimum Gasteiger partial charge on any atom is -0.490 e. The second kappa shape index (κ2) is 13.8. The van der Waals surface area contributed by atoms with Crippen LogP contribution in [-0.4, -0.2) is 37.1 Å². The number of carbonyl (C=O) groups excluding carboxylic acids is 3. The van der Waals surface area contributed by atoms with E-state index < -0.39 is 11.8 Å². The maximum Gasteiger partial charge on any atom is 0.329 e. The highest BCUT2D eigenvalue weighted by Gasteiger charge is 2.13. The molecule has 0 aliphatic carbocycles. The average Bonchev–Trinajstić information content (AvgIpc) is 2.89. The predicted octanol–water partition coefficient (Wildman–Crippen LogP) is 4.74. The Bertz CT molecular complexity index is 1360. The van der Waals surface area contributed by atoms with Gasteiger partial charge in [-0.2, -0.15) is 5.10 Å². The molecule has 0 aliphatic rings. The van der Waals surface area contributed by atoms with Gasteiger partial charge in [0, 0.05) is 21.4 Å². The van der Waals surface area contributed by atoms with E-state index in [0.717, 1.165) is 15.6 Å². The molecule has 0 aliphatic heterocycles. The Labute approximate surface area is 229 Å². The van der Waals surface area contributed by atoms with Crippen molar-refractivity contribution in [2.75, 3.05) is 23.8 Å². The number of aryl methyl sites for hydroxylation is 2. The topological polar surface area (TPSA) is 118 Å². The van der Waals surface area contributed by atoms with Crippen molar-refractivity contribution in [3.05, 3.63) is 94.5 Å². The lowest BCUT2D eigenvalue weighted by molar-refractivity contribution is -0.136. The first-order valence-corrected chi connectivity index (χ1v) is 12.3. The number of benzene rings is 3. The minimum atomic E-state index is -0.960. The monoisotopic (exact) mass is 578 g/mol. The Morgan fingerprint density at radius 1 is 0.947 bits per heavy atom. The van der Waals surface area contributed by atoms with Crippen molar-refractivity contribution in [2.24, 2.45) is 5.10 Å². The molecule has 3 aromatic rings. The first-order chi connectivity index (χ1) is 18.2. The van der Waals surface area contributed by atoms with Gasteiger partial charge in [-0.15, -0.1) is 0 Å². The molecule has 0 atom stereocenters. The van der Waals surface area contributed by atoms with Crippen molar-refractivity contribution in [2.45, 2.75) is 13.8 Å². The number of hydrazone groups is 1. The number of ether oxygens (including phenoxy) is 2. The Morgan fingerprint density at radius 2 is 1.71 bits per heavy atom. The molecule has 0 fully saturated rings. The smallest absolute Gasteiger partial charge is 0.329 e. The lowest BCUT2D eigenvalue weighted by Crippen LogP contribution is -2.32. The molecular weight excluding hydrogens is 552 g/mol. The van der Waals surface area contributed by atoms with Crippen molar-refractivity contribution < 1.29 is 23.9 Å². The van der Waals surface area contributed by atoms with Crippen LogP contribution in [0.2, 0.25) is 0 Å². The van der Waals surface area contributed by atoms with Crippen LogP contribution in [0.5, 0.6) is 11.5 Å². The number of halogens is 1. The number of nitrogens with zero attached hydrogens (tertiary/aromatic N) is 1. The van der Waals surface area contributed by atoms with Gasteiger partial charge in [-0.05, 0) is 73.5 Å². The van der Waals surface area contributed by atoms with Crippen LogP contribution in [0.4, 0.5) is 11.4 Å². The number of rotatable bonds is 10. The van der Waals surface area contributed by atoms with E-state index in [0.29, 0.717) is 35.0 Å². The van der Waals surface area contributed by atoms with Gasteiger partial charge in [0.15, 0.2) is 6.61 Å². The van der Waals surface area contributed by atoms with Crippen molar-refractivity contribution in [1.82, 2.24) is 5.43 Å². The molecule has 10 heteroatoms. The molecule has 0 spiro atoms. The molecule has 196 valence electrons. The Morgan fingerprint density at radius 3 is 2.45 bits per heavy atom. The summed E-state index contributed by atoms with van der Waals surface area (Å²) in [5, 5.41) is 9.17. The van der Waals surface area contributed by atoms with E-state index in [1.54, 1.807) is 48.5 Å². The van der Waals surface area contributed by atoms with E-state index in [2.05, 4.69) is 43.7 Å². The zero-order valence-corrected chi connectivity index (χ0v) is 22.5. The van der Waals surface area contributed by atoms with Gasteiger partial charge >= 0.3 is 11.8 Å². The summed E-state index contributed by atoms with van der Waals surface area (Å²) in [5.41, 5.74) is 5.76. The lowest BCUT2D eigenvalue weighted by atomic mass is 10.1. The number of hydrogen-bond acceptors (Lipinski definition) is 6. The molecule has 3 N–H and O–H groups in total. The molecular formula is C28H27BrN4O5. The Balaban J connectivity index is 1.55. The third-order valence-electron chi connectivity index (χ3n) is 5.05. The van der Waals surface area contributed by atoms with E-state index in [4.69, 9.17) is 9.47 Å². The van der Waals surface area contributed by atoms with E-state index in [1.165, 1.54) is 6.21 Å². The molecule has 3 rings (SSSR count). The normalized spacial score (nSPS) is 10.5. The largest absolute Gasteiger partial charge is 0.490 e. The van der Waals surface area contributed by atoms with Gasteiger partial charge in [0.05, 0.1) is 6.21 Å². The van der Waals surface area contributed by atoms with E-state index in [1.807, 2.05) is 32.0 Å². The maximum atomic E-state index is 12.4. The Kier molecular flexibility index (Phi) is 10.2. The van der Waals surface area contributed by atoms with Crippen LogP contribution >= 0.6 is 15.9 Å². The second-order valence-corrected chi connectivity index (χ2v) is 9.03. The van der Waals surface area contributed by atoms with Crippen LogP contribution < -0.4 is 25.5 Å². The highest BCUT2D eigenvalue weighted by molar-refractivity contribution is 9.10. The summed E-state index contributed by atoms with van der Waals surface area (Å²) in [7, 11) is 0. The standard InChI is InChI=1S/C28H27BrN4O5/c1-4-13-37-23-10-8-22(9-11-23)31-27(35)28(36)33-30-16-20-15-21(29)7-12-25(20)38-17-26(34)32-24-14-18(2)5-6-19(24)3/h4-12,14-16H,1,13,17H2,2-3H3,(H,31,35)(H,32,34)(H,33,36)/b30-16-. The van der Waals surface area contributed by atoms with Gasteiger partial charge in [-0.25, -0.2) is 5.43 Å². The molecule has 3 aromatic carbocycles. The average molecular weight is 579 g/mol. The fraction of sp³-hybridized carbons (Fsp3) is 0.143. The van der Waals surface area contributed by atoms with E-state index in [-0.39, 0.29) is 12.5 Å². The lowest BCUT2D eigenvalue weighted by Gasteiger charge is -2.12. The molecule has 0 saturated carbocycles. The van der Waals surface area contributed by atoms with Crippen molar-refractivity contribution in [3.63, 3.8) is 0 Å². The van der Waals surface area contributed by atoms with Gasteiger partial charge in [-0.1, -0.05) is 40.7 Å². The van der Waals surface area contributed by atoms with E-state index in [9.17, 15) is 14.4 Å². The van der Waals surface area contributed by atoms with Crippen LogP contribution in [0.15, 0.2) is 82.9 Å². The maximum absolute atomic E-state index is 12.4. The van der Waals surface area contributed by atoms with Crippen LogP contribution in [0.25, 0.3) is 0 Å². The predicted molar refractivity (Wildman–Crippen MR) is 151 cm³/mol. The molecule has 38 heavy (non-hydrogen) atoms. The summed E-state index contributed by atoms with van der Waals surface area (Å²) >= 11 is 3.37. The van der Waals surface area contributed by atoms with Gasteiger partial charge in [0.25, 0.3) is 5.91 Å². The van der Waals surface area contributed by atoms with Crippen LogP contribution in [0.1, 0.15) is 16.7 Å². The highest BCUT2D eigenvalue weighted by atomic mass is 79.9. The number of nitrogens with one attached hydrogen (secondary N) is 3. The molecule has 0 saturated heterocycles. The van der Waals surface area contributed by atoms with Gasteiger partial charge < -0.3 is 20.1 Å². The van der Waals surface area contributed by atoms with Crippen LogP contribution in [0, 0.1) is 13.8 Å². The number of carbonyl (C=O) groups is 3. The summed E-state index contributed by atoms with van der Waals surface area (Å²) in [6.45, 7) is 7.55. The zero-order valence-electron chi connectivity index (χ0n) is 20.9. The van der Waals surface area contributed by atoms with Crippen molar-refractivity contribution in [3.8, 4) is 11.5 Å². The van der Waals surface area contributed by atoms with Gasteiger partial charge in [-0.3, -0.25) is 14.4 Å². The summed E-state index contributed by atoms with van der Waals surface area (Å²) in [6, 6.07) is 17.4. The van der Waals surface area contributed by atoms with Gasteiger partial charge in [0.1, 0.15) is 18.1 Å². The number of anilines is 2. The molecule has 0 aromatic heterocycles. The molecule has 0 bridgehead atoms. The van der Waals surface area contributed by atoms with E-state index >= 15 is 0 Å². The van der Waals surface area contributed by atoms with Crippen molar-refractivity contribution in [1.29, 1.82) is 0 Å². The molecule has 3 amide bonds. The third-order valence-corrected chi connectivity index (χ3v) is 5.55. The highest BCUT2D eigenvalue weighted by Crippen LogP contribution is 2.22. The van der Waals surface area contributed by atoms with Crippen molar-refractivity contribution >= 4 is 51.2 Å². The van der Waals surface area contributed by atoms with Crippen LogP contribution in [-0.2, 0) is 14.4 Å². The summed E-state index contributed by atoms with van der Waals surface area (Å²) < 4.78 is 11.8. The first kappa shape index (κ1) is 28.1. The molecule has 0 unspecified atom stereocenters. The Hall–Kier alpha value is -4.44. The fourth-order valence-corrected chi connectivity index (χ4v) is 3.52. The minimum absolute atomic E-state index is 0.234. The molecule has 0 radical (unpaired) electrons. The summed E-state index contributed by atoms with van der Waals surface area (Å²) in [6.07, 6.45) is 2.94. The third kappa shape index (κ3) is 8.59. The fourth-order valence-electron chi connectivity index (χ4n) is 3.14. The summed E-state index contributed by atoms with van der Waals surface area (Å²) in [5.74, 6) is -1.21. The van der Waals surface area contributed by atoms with Crippen LogP contribution in [0.3, 0.4) is 0 Å². The summed E-state index contributed by atoms with van der Waals surface area (Å²) in [4.78, 5) is 36.8. The number of hydrogen-bond donors (Lipinski definition) is 3. The number of amides is 3. The molecule has 0 heterocycles. The quantitative estimate of drug-likeness (QED) is 0.139. The first-order valence-electron chi connectivity index (χ1n) is 11.5.